The molecule has 1 saturated heterocycles. The Bertz CT molecular complexity index is 952. The Morgan fingerprint density at radius 3 is 2.68 bits per heavy atom. The minimum Gasteiger partial charge on any atom is -0.508 e. The van der Waals surface area contributed by atoms with Gasteiger partial charge in [0.25, 0.3) is 0 Å². The first kappa shape index (κ1) is 25.6. The maximum Gasteiger partial charge on any atom is 0.404 e. The highest BCUT2D eigenvalue weighted by Crippen LogP contribution is 2.40. The minimum absolute atomic E-state index is 0.00611. The SMILES string of the molecule is CC1CN(CC(Cc2ccccc2)NC(=O)CCCOC(N)=O)CCC1(C)c1cccc(O)c1. The average Bonchev–Trinajstić information content (AvgIpc) is 2.80. The fourth-order valence-corrected chi connectivity index (χ4v) is 4.85. The molecule has 1 fully saturated rings. The van der Waals surface area contributed by atoms with Crippen molar-refractivity contribution < 1.29 is 19.4 Å². The van der Waals surface area contributed by atoms with Gasteiger partial charge in [0.15, 0.2) is 0 Å². The summed E-state index contributed by atoms with van der Waals surface area (Å²) in [5.74, 6) is 0.644. The summed E-state index contributed by atoms with van der Waals surface area (Å²) in [7, 11) is 0. The van der Waals surface area contributed by atoms with Crippen molar-refractivity contribution in [2.24, 2.45) is 11.7 Å². The van der Waals surface area contributed by atoms with Crippen LogP contribution in [-0.2, 0) is 21.4 Å². The van der Waals surface area contributed by atoms with Crippen LogP contribution in [0.4, 0.5) is 4.79 Å². The molecule has 0 saturated carbocycles. The lowest BCUT2D eigenvalue weighted by molar-refractivity contribution is -0.122. The van der Waals surface area contributed by atoms with E-state index in [4.69, 9.17) is 10.5 Å². The number of rotatable bonds is 10. The summed E-state index contributed by atoms with van der Waals surface area (Å²) < 4.78 is 4.72. The first-order valence-electron chi connectivity index (χ1n) is 12.0. The third kappa shape index (κ3) is 7.22. The quantitative estimate of drug-likeness (QED) is 0.463. The van der Waals surface area contributed by atoms with Crippen molar-refractivity contribution >= 4 is 12.0 Å². The van der Waals surface area contributed by atoms with Crippen LogP contribution in [0.3, 0.4) is 0 Å². The molecular weight excluding hydrogens is 430 g/mol. The lowest BCUT2D eigenvalue weighted by Crippen LogP contribution is -2.52. The summed E-state index contributed by atoms with van der Waals surface area (Å²) in [5, 5.41) is 13.2. The van der Waals surface area contributed by atoms with E-state index in [1.807, 2.05) is 30.3 Å². The Hall–Kier alpha value is -3.06. The number of aromatic hydroxyl groups is 1. The van der Waals surface area contributed by atoms with E-state index in [-0.39, 0.29) is 30.4 Å². The first-order valence-corrected chi connectivity index (χ1v) is 12.0. The molecule has 0 radical (unpaired) electrons. The van der Waals surface area contributed by atoms with Crippen LogP contribution in [0.1, 0.15) is 44.2 Å². The second-order valence-corrected chi connectivity index (χ2v) is 9.60. The highest BCUT2D eigenvalue weighted by Gasteiger charge is 2.38. The lowest BCUT2D eigenvalue weighted by atomic mass is 9.68. The second-order valence-electron chi connectivity index (χ2n) is 9.60. The van der Waals surface area contributed by atoms with Gasteiger partial charge in [-0.3, -0.25) is 4.79 Å². The van der Waals surface area contributed by atoms with Gasteiger partial charge < -0.3 is 25.8 Å². The zero-order chi connectivity index (χ0) is 24.6. The third-order valence-electron chi connectivity index (χ3n) is 7.03. The minimum atomic E-state index is -0.820. The number of phenolic OH excluding ortho intramolecular Hbond substituents is 1. The molecule has 34 heavy (non-hydrogen) atoms. The summed E-state index contributed by atoms with van der Waals surface area (Å²) in [5.41, 5.74) is 7.32. The number of amides is 2. The first-order chi connectivity index (χ1) is 16.3. The molecule has 0 spiro atoms. The van der Waals surface area contributed by atoms with E-state index in [0.717, 1.165) is 32.5 Å². The molecule has 3 rings (SSSR count). The van der Waals surface area contributed by atoms with Crippen LogP contribution in [0, 0.1) is 5.92 Å². The van der Waals surface area contributed by atoms with Crippen LogP contribution in [-0.4, -0.2) is 54.3 Å². The van der Waals surface area contributed by atoms with Crippen LogP contribution in [0.15, 0.2) is 54.6 Å². The monoisotopic (exact) mass is 467 g/mol. The molecule has 1 heterocycles. The molecule has 184 valence electrons. The number of phenols is 1. The zero-order valence-electron chi connectivity index (χ0n) is 20.2. The van der Waals surface area contributed by atoms with Crippen molar-refractivity contribution in [3.8, 4) is 5.75 Å². The number of primary amides is 1. The van der Waals surface area contributed by atoms with Gasteiger partial charge in [-0.15, -0.1) is 0 Å². The molecule has 7 heteroatoms. The lowest BCUT2D eigenvalue weighted by Gasteiger charge is -2.46. The fraction of sp³-hybridized carbons (Fsp3) is 0.481. The molecule has 3 unspecified atom stereocenters. The molecular formula is C27H37N3O4. The Kier molecular flexibility index (Phi) is 8.93. The van der Waals surface area contributed by atoms with Gasteiger partial charge in [0.2, 0.25) is 5.91 Å². The molecule has 0 aliphatic carbocycles. The van der Waals surface area contributed by atoms with E-state index in [9.17, 15) is 14.7 Å². The number of ether oxygens (including phenoxy) is 1. The zero-order valence-corrected chi connectivity index (χ0v) is 20.2. The number of likely N-dealkylation sites (tertiary alicyclic amines) is 1. The molecule has 2 aromatic carbocycles. The van der Waals surface area contributed by atoms with Gasteiger partial charge in [0.1, 0.15) is 5.75 Å². The molecule has 4 N–H and O–H groups in total. The highest BCUT2D eigenvalue weighted by molar-refractivity contribution is 5.76. The van der Waals surface area contributed by atoms with E-state index in [1.165, 1.54) is 11.1 Å². The van der Waals surface area contributed by atoms with Crippen LogP contribution in [0.25, 0.3) is 0 Å². The van der Waals surface area contributed by atoms with Gasteiger partial charge in [-0.25, -0.2) is 4.79 Å². The summed E-state index contributed by atoms with van der Waals surface area (Å²) in [4.78, 5) is 25.7. The number of nitrogens with one attached hydrogen (secondary N) is 1. The van der Waals surface area contributed by atoms with Gasteiger partial charge in [0.05, 0.1) is 6.61 Å². The van der Waals surface area contributed by atoms with Gasteiger partial charge in [0, 0.05) is 25.6 Å². The molecule has 1 aliphatic heterocycles. The standard InChI is InChI=1S/C27H37N3O4/c1-20-18-30(14-13-27(20,2)22-10-6-11-24(31)17-22)19-23(16-21-8-4-3-5-9-21)29-25(32)12-7-15-34-26(28)33/h3-6,8-11,17,20,23,31H,7,12-16,18-19H2,1-2H3,(H2,28,33)(H,29,32). The average molecular weight is 468 g/mol. The highest BCUT2D eigenvalue weighted by atomic mass is 16.5. The summed E-state index contributed by atoms with van der Waals surface area (Å²) in [6.45, 7) is 7.28. The van der Waals surface area contributed by atoms with Gasteiger partial charge in [-0.2, -0.15) is 0 Å². The largest absolute Gasteiger partial charge is 0.508 e. The molecule has 3 atom stereocenters. The third-order valence-corrected chi connectivity index (χ3v) is 7.03. The molecule has 1 aliphatic rings. The van der Waals surface area contributed by atoms with E-state index in [0.29, 0.717) is 18.1 Å². The van der Waals surface area contributed by atoms with E-state index in [1.54, 1.807) is 6.07 Å². The van der Waals surface area contributed by atoms with Crippen molar-refractivity contribution in [3.05, 3.63) is 65.7 Å². The van der Waals surface area contributed by atoms with Crippen LogP contribution >= 0.6 is 0 Å². The van der Waals surface area contributed by atoms with Crippen molar-refractivity contribution in [2.75, 3.05) is 26.2 Å². The Balaban J connectivity index is 1.61. The molecule has 0 bridgehead atoms. The Morgan fingerprint density at radius 2 is 2.00 bits per heavy atom. The maximum absolute atomic E-state index is 12.6. The Morgan fingerprint density at radius 1 is 1.24 bits per heavy atom. The number of nitrogens with zero attached hydrogens (tertiary/aromatic N) is 1. The maximum atomic E-state index is 12.6. The van der Waals surface area contributed by atoms with Crippen molar-refractivity contribution in [1.29, 1.82) is 0 Å². The van der Waals surface area contributed by atoms with Gasteiger partial charge >= 0.3 is 6.09 Å². The summed E-state index contributed by atoms with van der Waals surface area (Å²) in [6, 6.07) is 17.8. The van der Waals surface area contributed by atoms with E-state index < -0.39 is 6.09 Å². The number of piperidine rings is 1. The van der Waals surface area contributed by atoms with E-state index in [2.05, 4.69) is 42.3 Å². The smallest absolute Gasteiger partial charge is 0.404 e. The van der Waals surface area contributed by atoms with Gasteiger partial charge in [-0.05, 0) is 60.4 Å². The van der Waals surface area contributed by atoms with Crippen molar-refractivity contribution in [1.82, 2.24) is 10.2 Å². The molecule has 7 nitrogen and oxygen atoms in total. The normalized spacial score (nSPS) is 21.5. The topological polar surface area (TPSA) is 105 Å². The van der Waals surface area contributed by atoms with Crippen molar-refractivity contribution in [2.45, 2.75) is 51.0 Å². The molecule has 2 amide bonds. The predicted octanol–water partition coefficient (Wildman–Crippen LogP) is 3.59. The van der Waals surface area contributed by atoms with Crippen LogP contribution in [0.5, 0.6) is 5.75 Å². The van der Waals surface area contributed by atoms with Crippen LogP contribution < -0.4 is 11.1 Å². The fourth-order valence-electron chi connectivity index (χ4n) is 4.85. The summed E-state index contributed by atoms with van der Waals surface area (Å²) in [6.07, 6.45) is 1.63. The predicted molar refractivity (Wildman–Crippen MR) is 133 cm³/mol. The number of carbonyl (C=O) groups is 2. The second kappa shape index (κ2) is 11.9. The van der Waals surface area contributed by atoms with Crippen molar-refractivity contribution in [3.63, 3.8) is 0 Å². The van der Waals surface area contributed by atoms with Crippen LogP contribution in [0.2, 0.25) is 0 Å². The number of hydrogen-bond donors (Lipinski definition) is 3. The Labute approximate surface area is 202 Å². The number of nitrogens with two attached hydrogens (primary N) is 1. The van der Waals surface area contributed by atoms with E-state index >= 15 is 0 Å². The molecule has 2 aromatic rings. The number of benzene rings is 2. The summed E-state index contributed by atoms with van der Waals surface area (Å²) >= 11 is 0. The molecule has 0 aromatic heterocycles. The number of hydrogen-bond acceptors (Lipinski definition) is 5. The van der Waals surface area contributed by atoms with Gasteiger partial charge in [-0.1, -0.05) is 56.3 Å². The number of carbonyl (C=O) groups excluding carboxylic acids is 2.